The molecule has 0 aromatic rings. The van der Waals surface area contributed by atoms with Gasteiger partial charge in [-0.2, -0.15) is 0 Å². The summed E-state index contributed by atoms with van der Waals surface area (Å²) < 4.78 is 34.4. The fourth-order valence-corrected chi connectivity index (χ4v) is 11.6. The number of hydrogen-bond acceptors (Lipinski definition) is 8. The van der Waals surface area contributed by atoms with E-state index in [4.69, 9.17) is 18.5 Å². The first-order valence-electron chi connectivity index (χ1n) is 39.5. The van der Waals surface area contributed by atoms with Gasteiger partial charge in [0.2, 0.25) is 0 Å². The first kappa shape index (κ1) is 91.9. The van der Waals surface area contributed by atoms with Crippen molar-refractivity contribution in [1.82, 2.24) is 0 Å². The van der Waals surface area contributed by atoms with Gasteiger partial charge >= 0.3 is 11.9 Å². The van der Waals surface area contributed by atoms with Gasteiger partial charge in [-0.05, 0) is 116 Å². The van der Waals surface area contributed by atoms with Crippen molar-refractivity contribution in [2.75, 3.05) is 47.5 Å². The molecule has 0 spiro atoms. The Balaban J connectivity index is 3.98. The molecule has 0 saturated carbocycles. The molecule has 96 heavy (non-hydrogen) atoms. The summed E-state index contributed by atoms with van der Waals surface area (Å²) in [6, 6.07) is 0. The van der Waals surface area contributed by atoms with E-state index >= 15 is 0 Å². The molecule has 0 N–H and O–H groups in total. The summed E-state index contributed by atoms with van der Waals surface area (Å²) >= 11 is 0. The SMILES string of the molecule is CC/C=C\C/C=C\C/C=C\C/C=C\C/C=C\C/C=C\CCCCCCCCCCCCCCCCCCCCCCC(=O)OC(COC(=O)CCCCCCCCCCCCCCCC/C=C\C/C=C\C/C=C\C/C=C\C/C=C\C/C=C\CC)COP(=O)([O-])OCC[N+](C)(C)C. The summed E-state index contributed by atoms with van der Waals surface area (Å²) in [5.74, 6) is -0.826. The first-order valence-corrected chi connectivity index (χ1v) is 41.0. The molecule has 0 aromatic carbocycles. The van der Waals surface area contributed by atoms with Crippen LogP contribution in [0.3, 0.4) is 0 Å². The molecule has 0 radical (unpaired) electrons. The maximum absolute atomic E-state index is 12.9. The highest BCUT2D eigenvalue weighted by Crippen LogP contribution is 2.38. The Labute approximate surface area is 593 Å². The Morgan fingerprint density at radius 3 is 0.833 bits per heavy atom. The van der Waals surface area contributed by atoms with Crippen molar-refractivity contribution in [3.05, 3.63) is 146 Å². The molecule has 0 saturated heterocycles. The van der Waals surface area contributed by atoms with Crippen LogP contribution in [0.25, 0.3) is 0 Å². The average molecular weight is 1360 g/mol. The van der Waals surface area contributed by atoms with Crippen LogP contribution < -0.4 is 4.89 Å². The largest absolute Gasteiger partial charge is 0.756 e. The summed E-state index contributed by atoms with van der Waals surface area (Å²) in [7, 11) is 1.17. The second-order valence-corrected chi connectivity index (χ2v) is 28.7. The summed E-state index contributed by atoms with van der Waals surface area (Å²) in [6.07, 6.45) is 111. The standard InChI is InChI=1S/C86H148NO8P/c1-6-8-10-12-14-16-18-20-22-24-26-28-30-32-34-36-38-40-41-42-43-44-45-47-49-51-53-55-57-59-61-63-65-67-69-71-73-75-77-79-86(89)95-84(83-94-96(90,91)93-81-80-87(3,4)5)82-92-85(88)78-76-74-72-70-68-66-64-62-60-58-56-54-52-50-48-46-39-37-35-33-31-29-27-25-23-21-19-17-15-13-11-9-7-2/h8-11,14-17,20-23,26-29,32-35,38-40,46,84H,6-7,12-13,18-19,24-25,30-31,36-37,41-45,47-83H2,1-5H3/b10-8-,11-9-,16-14-,17-15-,22-20-,23-21-,28-26-,29-27-,34-32-,35-33-,40-38-,46-39-. The molecule has 0 heterocycles. The number of ether oxygens (including phenoxy) is 2. The number of unbranched alkanes of at least 4 members (excludes halogenated alkanes) is 34. The lowest BCUT2D eigenvalue weighted by molar-refractivity contribution is -0.870. The molecule has 0 aliphatic carbocycles. The van der Waals surface area contributed by atoms with Gasteiger partial charge in [-0.1, -0.05) is 352 Å². The highest BCUT2D eigenvalue weighted by atomic mass is 31.2. The maximum Gasteiger partial charge on any atom is 0.306 e. The minimum Gasteiger partial charge on any atom is -0.756 e. The van der Waals surface area contributed by atoms with Crippen LogP contribution in [0.15, 0.2) is 146 Å². The van der Waals surface area contributed by atoms with E-state index in [-0.39, 0.29) is 32.0 Å². The normalized spacial score (nSPS) is 13.9. The topological polar surface area (TPSA) is 111 Å². The van der Waals surface area contributed by atoms with Crippen molar-refractivity contribution in [3.8, 4) is 0 Å². The van der Waals surface area contributed by atoms with Gasteiger partial charge in [-0.25, -0.2) is 0 Å². The number of phosphoric acid groups is 1. The number of quaternary nitrogens is 1. The molecule has 0 bridgehead atoms. The van der Waals surface area contributed by atoms with Crippen molar-refractivity contribution in [3.63, 3.8) is 0 Å². The number of likely N-dealkylation sites (N-methyl/N-ethyl adjacent to an activating group) is 1. The zero-order chi connectivity index (χ0) is 69.7. The third-order valence-electron chi connectivity index (χ3n) is 16.9. The van der Waals surface area contributed by atoms with Crippen molar-refractivity contribution in [1.29, 1.82) is 0 Å². The van der Waals surface area contributed by atoms with E-state index < -0.39 is 26.5 Å². The molecule has 0 amide bonds. The Kier molecular flexibility index (Phi) is 71.9. The van der Waals surface area contributed by atoms with Gasteiger partial charge in [-0.3, -0.25) is 14.2 Å². The minimum atomic E-state index is -4.65. The molecular formula is C86H148NO8P. The van der Waals surface area contributed by atoms with Gasteiger partial charge in [0.25, 0.3) is 7.82 Å². The molecule has 550 valence electrons. The smallest absolute Gasteiger partial charge is 0.306 e. The zero-order valence-electron chi connectivity index (χ0n) is 62.8. The van der Waals surface area contributed by atoms with Crippen LogP contribution in [0.5, 0.6) is 0 Å². The lowest BCUT2D eigenvalue weighted by Crippen LogP contribution is -2.37. The van der Waals surface area contributed by atoms with Gasteiger partial charge < -0.3 is 27.9 Å². The molecule has 0 aliphatic rings. The van der Waals surface area contributed by atoms with Crippen LogP contribution in [0, 0.1) is 0 Å². The predicted molar refractivity (Wildman–Crippen MR) is 415 cm³/mol. The summed E-state index contributed by atoms with van der Waals surface area (Å²) in [5, 5.41) is 0. The first-order chi connectivity index (χ1) is 47.0. The van der Waals surface area contributed by atoms with Gasteiger partial charge in [-0.15, -0.1) is 0 Å². The van der Waals surface area contributed by atoms with E-state index in [0.717, 1.165) is 116 Å². The second-order valence-electron chi connectivity index (χ2n) is 27.3. The summed E-state index contributed by atoms with van der Waals surface area (Å²) in [5.41, 5.74) is 0. The fourth-order valence-electron chi connectivity index (χ4n) is 10.9. The third kappa shape index (κ3) is 78.9. The molecular weight excluding hydrogens is 1210 g/mol. The molecule has 0 aromatic heterocycles. The van der Waals surface area contributed by atoms with Crippen molar-refractivity contribution < 1.29 is 42.1 Å². The number of hydrogen-bond donors (Lipinski definition) is 0. The van der Waals surface area contributed by atoms with Crippen LogP contribution >= 0.6 is 7.82 Å². The van der Waals surface area contributed by atoms with Crippen LogP contribution in [-0.2, 0) is 32.7 Å². The molecule has 2 atom stereocenters. The van der Waals surface area contributed by atoms with Gasteiger partial charge in [0.05, 0.1) is 27.7 Å². The molecule has 9 nitrogen and oxygen atoms in total. The Bertz CT molecular complexity index is 2140. The van der Waals surface area contributed by atoms with E-state index in [1.165, 1.54) is 186 Å². The molecule has 0 aliphatic heterocycles. The second kappa shape index (κ2) is 75.1. The molecule has 0 fully saturated rings. The lowest BCUT2D eigenvalue weighted by atomic mass is 10.0. The fraction of sp³-hybridized carbons (Fsp3) is 0.698. The quantitative estimate of drug-likeness (QED) is 0.0195. The van der Waals surface area contributed by atoms with E-state index in [2.05, 4.69) is 160 Å². The number of phosphoric ester groups is 1. The molecule has 0 rings (SSSR count). The summed E-state index contributed by atoms with van der Waals surface area (Å²) in [6.45, 7) is 4.04. The van der Waals surface area contributed by atoms with E-state index in [0.29, 0.717) is 17.4 Å². The van der Waals surface area contributed by atoms with Crippen molar-refractivity contribution in [2.45, 2.75) is 341 Å². The lowest BCUT2D eigenvalue weighted by Gasteiger charge is -2.28. The van der Waals surface area contributed by atoms with Crippen molar-refractivity contribution in [2.24, 2.45) is 0 Å². The van der Waals surface area contributed by atoms with E-state index in [1.807, 2.05) is 21.1 Å². The third-order valence-corrected chi connectivity index (χ3v) is 17.8. The van der Waals surface area contributed by atoms with Crippen LogP contribution in [-0.4, -0.2) is 70.0 Å². The number of allylic oxidation sites excluding steroid dienone is 24. The number of rotatable bonds is 72. The van der Waals surface area contributed by atoms with Crippen LogP contribution in [0.1, 0.15) is 335 Å². The van der Waals surface area contributed by atoms with Crippen LogP contribution in [0.4, 0.5) is 0 Å². The van der Waals surface area contributed by atoms with Gasteiger partial charge in [0.1, 0.15) is 19.8 Å². The average Bonchev–Trinajstić information content (AvgIpc) is 1.98. The highest BCUT2D eigenvalue weighted by Gasteiger charge is 2.22. The van der Waals surface area contributed by atoms with Crippen LogP contribution in [0.2, 0.25) is 0 Å². The zero-order valence-corrected chi connectivity index (χ0v) is 63.7. The number of nitrogens with zero attached hydrogens (tertiary/aromatic N) is 1. The predicted octanol–water partition coefficient (Wildman–Crippen LogP) is 25.9. The summed E-state index contributed by atoms with van der Waals surface area (Å²) in [4.78, 5) is 38.2. The van der Waals surface area contributed by atoms with E-state index in [1.54, 1.807) is 0 Å². The Hall–Kier alpha value is -4.11. The van der Waals surface area contributed by atoms with E-state index in [9.17, 15) is 19.0 Å². The monoisotopic (exact) mass is 1350 g/mol. The number of carbonyl (C=O) groups excluding carboxylic acids is 2. The maximum atomic E-state index is 12.9. The number of carbonyl (C=O) groups is 2. The molecule has 2 unspecified atom stereocenters. The van der Waals surface area contributed by atoms with Gasteiger partial charge in [0, 0.05) is 12.8 Å². The minimum absolute atomic E-state index is 0.0343. The van der Waals surface area contributed by atoms with Gasteiger partial charge in [0.15, 0.2) is 6.10 Å². The molecule has 10 heteroatoms. The highest BCUT2D eigenvalue weighted by molar-refractivity contribution is 7.45. The Morgan fingerprint density at radius 2 is 0.562 bits per heavy atom. The number of esters is 2. The van der Waals surface area contributed by atoms with Crippen molar-refractivity contribution >= 4 is 19.8 Å². The Morgan fingerprint density at radius 1 is 0.323 bits per heavy atom.